The minimum absolute atomic E-state index is 0.00306. The first kappa shape index (κ1) is 20.4. The fraction of sp³-hybridized carbons (Fsp3) is 0.824. The summed E-state index contributed by atoms with van der Waals surface area (Å²) in [5.41, 5.74) is 0. The van der Waals surface area contributed by atoms with Gasteiger partial charge in [-0.15, -0.1) is 0 Å². The molecule has 0 aromatic rings. The molecular formula is C17H31N3O4. The summed E-state index contributed by atoms with van der Waals surface area (Å²) in [5.74, 6) is -0.169. The largest absolute Gasteiger partial charge is 0.467 e. The number of carbonyl (C=O) groups is 3. The number of ether oxygens (including phenoxy) is 1. The molecule has 1 rings (SSSR count). The Morgan fingerprint density at radius 1 is 1.04 bits per heavy atom. The van der Waals surface area contributed by atoms with Gasteiger partial charge >= 0.3 is 5.97 Å². The molecule has 7 heteroatoms. The van der Waals surface area contributed by atoms with Gasteiger partial charge in [-0.3, -0.25) is 14.5 Å². The van der Waals surface area contributed by atoms with E-state index in [2.05, 4.69) is 5.32 Å². The van der Waals surface area contributed by atoms with Crippen LogP contribution in [-0.4, -0.2) is 73.5 Å². The minimum atomic E-state index is -0.605. The third-order valence-electron chi connectivity index (χ3n) is 4.07. The molecule has 1 fully saturated rings. The average molecular weight is 341 g/mol. The fourth-order valence-electron chi connectivity index (χ4n) is 2.76. The highest BCUT2D eigenvalue weighted by molar-refractivity contribution is 5.85. The summed E-state index contributed by atoms with van der Waals surface area (Å²) in [6, 6.07) is -0.605. The summed E-state index contributed by atoms with van der Waals surface area (Å²) >= 11 is 0. The van der Waals surface area contributed by atoms with Crippen LogP contribution in [0.3, 0.4) is 0 Å². The number of esters is 1. The quantitative estimate of drug-likeness (QED) is 0.682. The SMILES string of the molecule is COC(=O)[C@@H](CC(C)C)NC(=O)CN1CCN(C(=O)C(C)C)CC1. The lowest BCUT2D eigenvalue weighted by molar-refractivity contribution is -0.146. The van der Waals surface area contributed by atoms with Crippen molar-refractivity contribution in [1.29, 1.82) is 0 Å². The standard InChI is InChI=1S/C17H31N3O4/c1-12(2)10-14(17(23)24-5)18-15(21)11-19-6-8-20(9-7-19)16(22)13(3)4/h12-14H,6-11H2,1-5H3,(H,18,21)/t14-/m1/s1. The van der Waals surface area contributed by atoms with Gasteiger partial charge in [0, 0.05) is 32.1 Å². The van der Waals surface area contributed by atoms with Gasteiger partial charge in [0.2, 0.25) is 11.8 Å². The second-order valence-electron chi connectivity index (χ2n) is 7.03. The van der Waals surface area contributed by atoms with Crippen molar-refractivity contribution in [2.24, 2.45) is 11.8 Å². The monoisotopic (exact) mass is 341 g/mol. The molecule has 138 valence electrons. The molecule has 0 spiro atoms. The number of nitrogens with zero attached hydrogens (tertiary/aromatic N) is 2. The smallest absolute Gasteiger partial charge is 0.328 e. The van der Waals surface area contributed by atoms with E-state index in [0.29, 0.717) is 32.6 Å². The Kier molecular flexibility index (Phi) is 8.18. The molecule has 0 aromatic heterocycles. The van der Waals surface area contributed by atoms with Gasteiger partial charge in [-0.25, -0.2) is 4.79 Å². The maximum Gasteiger partial charge on any atom is 0.328 e. The summed E-state index contributed by atoms with van der Waals surface area (Å²) in [7, 11) is 1.33. The van der Waals surface area contributed by atoms with Gasteiger partial charge < -0.3 is 15.0 Å². The molecule has 1 atom stereocenters. The van der Waals surface area contributed by atoms with Crippen LogP contribution in [0.1, 0.15) is 34.1 Å². The van der Waals surface area contributed by atoms with E-state index in [1.54, 1.807) is 0 Å². The predicted molar refractivity (Wildman–Crippen MR) is 91.3 cm³/mol. The summed E-state index contributed by atoms with van der Waals surface area (Å²) in [6.07, 6.45) is 0.551. The van der Waals surface area contributed by atoms with E-state index in [1.165, 1.54) is 7.11 Å². The van der Waals surface area contributed by atoms with Crippen molar-refractivity contribution in [2.45, 2.75) is 40.2 Å². The van der Waals surface area contributed by atoms with Gasteiger partial charge in [0.25, 0.3) is 0 Å². The zero-order valence-corrected chi connectivity index (χ0v) is 15.5. The third-order valence-corrected chi connectivity index (χ3v) is 4.07. The van der Waals surface area contributed by atoms with Gasteiger partial charge in [-0.2, -0.15) is 0 Å². The van der Waals surface area contributed by atoms with E-state index in [1.807, 2.05) is 37.5 Å². The molecule has 0 saturated carbocycles. The highest BCUT2D eigenvalue weighted by atomic mass is 16.5. The van der Waals surface area contributed by atoms with Crippen molar-refractivity contribution in [2.75, 3.05) is 39.8 Å². The number of methoxy groups -OCH3 is 1. The fourth-order valence-corrected chi connectivity index (χ4v) is 2.76. The van der Waals surface area contributed by atoms with Crippen LogP contribution in [0.5, 0.6) is 0 Å². The van der Waals surface area contributed by atoms with Crippen LogP contribution in [0.4, 0.5) is 0 Å². The molecule has 0 aromatic carbocycles. The molecule has 1 aliphatic heterocycles. The number of nitrogens with one attached hydrogen (secondary N) is 1. The van der Waals surface area contributed by atoms with Gasteiger partial charge in [0.1, 0.15) is 6.04 Å². The first-order valence-electron chi connectivity index (χ1n) is 8.62. The Labute approximate surface area is 144 Å². The van der Waals surface area contributed by atoms with E-state index in [-0.39, 0.29) is 30.2 Å². The van der Waals surface area contributed by atoms with Crippen LogP contribution >= 0.6 is 0 Å². The maximum absolute atomic E-state index is 12.2. The lowest BCUT2D eigenvalue weighted by Gasteiger charge is -2.35. The summed E-state index contributed by atoms with van der Waals surface area (Å²) in [6.45, 7) is 10.6. The molecule has 0 unspecified atom stereocenters. The number of hydrogen-bond acceptors (Lipinski definition) is 5. The molecule has 2 amide bonds. The van der Waals surface area contributed by atoms with Crippen molar-refractivity contribution in [3.05, 3.63) is 0 Å². The summed E-state index contributed by atoms with van der Waals surface area (Å²) in [5, 5.41) is 2.76. The Bertz CT molecular complexity index is 443. The topological polar surface area (TPSA) is 79.0 Å². The number of amides is 2. The van der Waals surface area contributed by atoms with Crippen molar-refractivity contribution < 1.29 is 19.1 Å². The second kappa shape index (κ2) is 9.61. The summed E-state index contributed by atoms with van der Waals surface area (Å²) < 4.78 is 4.76. The number of rotatable bonds is 7. The van der Waals surface area contributed by atoms with Gasteiger partial charge in [0.05, 0.1) is 13.7 Å². The highest BCUT2D eigenvalue weighted by Gasteiger charge is 2.26. The van der Waals surface area contributed by atoms with Gasteiger partial charge in [0.15, 0.2) is 0 Å². The van der Waals surface area contributed by atoms with Gasteiger partial charge in [-0.05, 0) is 12.3 Å². The van der Waals surface area contributed by atoms with Gasteiger partial charge in [-0.1, -0.05) is 27.7 Å². The zero-order chi connectivity index (χ0) is 18.3. The molecule has 1 saturated heterocycles. The molecule has 7 nitrogen and oxygen atoms in total. The van der Waals surface area contributed by atoms with Crippen molar-refractivity contribution >= 4 is 17.8 Å². The molecule has 0 radical (unpaired) electrons. The van der Waals surface area contributed by atoms with Crippen LogP contribution in [0.2, 0.25) is 0 Å². The second-order valence-corrected chi connectivity index (χ2v) is 7.03. The lowest BCUT2D eigenvalue weighted by atomic mass is 10.0. The zero-order valence-electron chi connectivity index (χ0n) is 15.5. The molecular weight excluding hydrogens is 310 g/mol. The number of hydrogen-bond donors (Lipinski definition) is 1. The Morgan fingerprint density at radius 2 is 1.62 bits per heavy atom. The average Bonchev–Trinajstić information content (AvgIpc) is 2.52. The summed E-state index contributed by atoms with van der Waals surface area (Å²) in [4.78, 5) is 39.8. The maximum atomic E-state index is 12.2. The van der Waals surface area contributed by atoms with Crippen LogP contribution in [-0.2, 0) is 19.1 Å². The molecule has 0 bridgehead atoms. The van der Waals surface area contributed by atoms with Crippen LogP contribution in [0, 0.1) is 11.8 Å². The number of piperazine rings is 1. The third kappa shape index (κ3) is 6.47. The first-order chi connectivity index (χ1) is 11.2. The van der Waals surface area contributed by atoms with E-state index in [4.69, 9.17) is 4.74 Å². The normalized spacial score (nSPS) is 17.0. The predicted octanol–water partition coefficient (Wildman–Crippen LogP) is 0.491. The van der Waals surface area contributed by atoms with E-state index >= 15 is 0 Å². The van der Waals surface area contributed by atoms with E-state index < -0.39 is 12.0 Å². The van der Waals surface area contributed by atoms with Crippen molar-refractivity contribution in [3.8, 4) is 0 Å². The van der Waals surface area contributed by atoms with E-state index in [9.17, 15) is 14.4 Å². The molecule has 1 aliphatic rings. The Morgan fingerprint density at radius 3 is 2.08 bits per heavy atom. The molecule has 24 heavy (non-hydrogen) atoms. The molecule has 0 aliphatic carbocycles. The molecule has 1 heterocycles. The van der Waals surface area contributed by atoms with Crippen molar-refractivity contribution in [3.63, 3.8) is 0 Å². The highest BCUT2D eigenvalue weighted by Crippen LogP contribution is 2.08. The van der Waals surface area contributed by atoms with Crippen LogP contribution in [0.15, 0.2) is 0 Å². The first-order valence-corrected chi connectivity index (χ1v) is 8.62. The van der Waals surface area contributed by atoms with Crippen molar-refractivity contribution in [1.82, 2.24) is 15.1 Å². The number of carbonyl (C=O) groups excluding carboxylic acids is 3. The van der Waals surface area contributed by atoms with Crippen LogP contribution < -0.4 is 5.32 Å². The van der Waals surface area contributed by atoms with Crippen LogP contribution in [0.25, 0.3) is 0 Å². The molecule has 1 N–H and O–H groups in total. The Hall–Kier alpha value is -1.63. The Balaban J connectivity index is 2.45. The van der Waals surface area contributed by atoms with E-state index in [0.717, 1.165) is 0 Å². The minimum Gasteiger partial charge on any atom is -0.467 e. The lowest BCUT2D eigenvalue weighted by Crippen LogP contribution is -2.53.